The van der Waals surface area contributed by atoms with Crippen LogP contribution in [-0.4, -0.2) is 72.0 Å². The van der Waals surface area contributed by atoms with Gasteiger partial charge in [-0.15, -0.1) is 0 Å². The lowest BCUT2D eigenvalue weighted by molar-refractivity contribution is 0.0658. The molecule has 2 aliphatic rings. The Labute approximate surface area is 166 Å². The monoisotopic (exact) mass is 380 g/mol. The number of benzene rings is 1. The van der Waals surface area contributed by atoms with Crippen LogP contribution < -0.4 is 10.2 Å². The van der Waals surface area contributed by atoms with Crippen molar-refractivity contribution in [3.8, 4) is 0 Å². The maximum Gasteiger partial charge on any atom is 0.272 e. The highest BCUT2D eigenvalue weighted by Crippen LogP contribution is 2.23. The van der Waals surface area contributed by atoms with E-state index in [0.717, 1.165) is 45.0 Å². The number of aromatic nitrogens is 2. The first-order chi connectivity index (χ1) is 13.7. The van der Waals surface area contributed by atoms with E-state index >= 15 is 0 Å². The molecule has 2 aromatic rings. The lowest BCUT2D eigenvalue weighted by atomic mass is 10.1. The van der Waals surface area contributed by atoms with Gasteiger partial charge in [-0.25, -0.2) is 9.97 Å². The molecule has 0 bridgehead atoms. The maximum atomic E-state index is 12.7. The first-order valence-corrected chi connectivity index (χ1v) is 10.1. The van der Waals surface area contributed by atoms with E-state index in [4.69, 9.17) is 0 Å². The van der Waals surface area contributed by atoms with Crippen LogP contribution in [0.15, 0.2) is 36.7 Å². The van der Waals surface area contributed by atoms with Crippen molar-refractivity contribution in [3.63, 3.8) is 0 Å². The number of nitrogens with zero attached hydrogens (tertiary/aromatic N) is 5. The summed E-state index contributed by atoms with van der Waals surface area (Å²) in [5.74, 6) is 0.609. The van der Waals surface area contributed by atoms with Gasteiger partial charge in [-0.3, -0.25) is 4.79 Å². The Bertz CT molecular complexity index is 795. The molecule has 4 rings (SSSR count). The standard InChI is InChI=1S/C21H28N6O/c1-25-11-13-27(14-12-25)21(28)19-15-20(23-16-22-19)24-17-5-7-18(8-6-17)26-9-3-2-4-10-26/h5-8,15-16H,2-4,9-14H2,1H3,(H,22,23,24). The summed E-state index contributed by atoms with van der Waals surface area (Å²) in [6.45, 7) is 5.53. The molecule has 0 spiro atoms. The zero-order valence-corrected chi connectivity index (χ0v) is 16.5. The van der Waals surface area contributed by atoms with E-state index in [1.54, 1.807) is 6.07 Å². The molecule has 7 nitrogen and oxygen atoms in total. The van der Waals surface area contributed by atoms with Crippen molar-refractivity contribution >= 4 is 23.1 Å². The molecule has 0 radical (unpaired) electrons. The molecule has 0 unspecified atom stereocenters. The van der Waals surface area contributed by atoms with Crippen molar-refractivity contribution < 1.29 is 4.79 Å². The van der Waals surface area contributed by atoms with Crippen LogP contribution in [0.2, 0.25) is 0 Å². The fourth-order valence-electron chi connectivity index (χ4n) is 3.77. The number of rotatable bonds is 4. The van der Waals surface area contributed by atoms with E-state index in [-0.39, 0.29) is 5.91 Å². The third-order valence-electron chi connectivity index (χ3n) is 5.54. The van der Waals surface area contributed by atoms with E-state index < -0.39 is 0 Å². The predicted molar refractivity (Wildman–Crippen MR) is 111 cm³/mol. The lowest BCUT2D eigenvalue weighted by Crippen LogP contribution is -2.47. The van der Waals surface area contributed by atoms with E-state index in [9.17, 15) is 4.79 Å². The molecular formula is C21H28N6O. The van der Waals surface area contributed by atoms with Gasteiger partial charge in [0.05, 0.1) is 0 Å². The summed E-state index contributed by atoms with van der Waals surface area (Å²) in [7, 11) is 2.07. The highest BCUT2D eigenvalue weighted by Gasteiger charge is 2.21. The van der Waals surface area contributed by atoms with Crippen LogP contribution in [0.25, 0.3) is 0 Å². The van der Waals surface area contributed by atoms with Crippen LogP contribution in [0.1, 0.15) is 29.8 Å². The van der Waals surface area contributed by atoms with Crippen molar-refractivity contribution in [3.05, 3.63) is 42.4 Å². The number of hydrogen-bond acceptors (Lipinski definition) is 6. The SMILES string of the molecule is CN1CCN(C(=O)c2cc(Nc3ccc(N4CCCCC4)cc3)ncn2)CC1. The Morgan fingerprint density at radius 1 is 0.929 bits per heavy atom. The summed E-state index contributed by atoms with van der Waals surface area (Å²) in [6.07, 6.45) is 5.32. The second-order valence-corrected chi connectivity index (χ2v) is 7.60. The van der Waals surface area contributed by atoms with Crippen LogP contribution in [0.4, 0.5) is 17.2 Å². The number of carbonyl (C=O) groups is 1. The Morgan fingerprint density at radius 2 is 1.64 bits per heavy atom. The van der Waals surface area contributed by atoms with Crippen LogP contribution in [0.3, 0.4) is 0 Å². The van der Waals surface area contributed by atoms with Gasteiger partial charge in [-0.05, 0) is 50.6 Å². The van der Waals surface area contributed by atoms with Crippen molar-refractivity contribution in [1.29, 1.82) is 0 Å². The summed E-state index contributed by atoms with van der Waals surface area (Å²) >= 11 is 0. The highest BCUT2D eigenvalue weighted by atomic mass is 16.2. The van der Waals surface area contributed by atoms with E-state index in [0.29, 0.717) is 11.5 Å². The molecule has 1 aromatic heterocycles. The van der Waals surface area contributed by atoms with Crippen molar-refractivity contribution in [2.75, 3.05) is 56.5 Å². The second kappa shape index (κ2) is 8.56. The quantitative estimate of drug-likeness (QED) is 0.880. The van der Waals surface area contributed by atoms with Gasteiger partial charge in [0, 0.05) is 56.7 Å². The first-order valence-electron chi connectivity index (χ1n) is 10.1. The summed E-state index contributed by atoms with van der Waals surface area (Å²) in [4.78, 5) is 27.7. The molecule has 0 saturated carbocycles. The van der Waals surface area contributed by atoms with Gasteiger partial charge in [0.1, 0.15) is 17.8 Å². The number of likely N-dealkylation sites (N-methyl/N-ethyl adjacent to an activating group) is 1. The zero-order valence-electron chi connectivity index (χ0n) is 16.5. The number of anilines is 3. The minimum atomic E-state index is -0.0287. The van der Waals surface area contributed by atoms with Crippen molar-refractivity contribution in [2.45, 2.75) is 19.3 Å². The minimum Gasteiger partial charge on any atom is -0.372 e. The number of nitrogens with one attached hydrogen (secondary N) is 1. The normalized spacial score (nSPS) is 18.2. The van der Waals surface area contributed by atoms with Crippen LogP contribution in [0.5, 0.6) is 0 Å². The van der Waals surface area contributed by atoms with Gasteiger partial charge in [0.25, 0.3) is 5.91 Å². The third-order valence-corrected chi connectivity index (χ3v) is 5.54. The number of amides is 1. The average molecular weight is 380 g/mol. The molecule has 0 aliphatic carbocycles. The Kier molecular flexibility index (Phi) is 5.71. The molecule has 148 valence electrons. The molecule has 1 amide bonds. The van der Waals surface area contributed by atoms with Crippen LogP contribution >= 0.6 is 0 Å². The smallest absolute Gasteiger partial charge is 0.272 e. The molecule has 2 aliphatic heterocycles. The largest absolute Gasteiger partial charge is 0.372 e. The van der Waals surface area contributed by atoms with Crippen LogP contribution in [0, 0.1) is 0 Å². The molecule has 2 saturated heterocycles. The fourth-order valence-corrected chi connectivity index (χ4v) is 3.77. The van der Waals surface area contributed by atoms with Gasteiger partial charge in [-0.2, -0.15) is 0 Å². The third kappa shape index (κ3) is 4.42. The first kappa shape index (κ1) is 18.7. The minimum absolute atomic E-state index is 0.0287. The average Bonchev–Trinajstić information content (AvgIpc) is 2.75. The number of piperidine rings is 1. The summed E-state index contributed by atoms with van der Waals surface area (Å²) in [5.41, 5.74) is 2.66. The van der Waals surface area contributed by atoms with Gasteiger partial charge < -0.3 is 20.0 Å². The number of carbonyl (C=O) groups excluding carboxylic acids is 1. The van der Waals surface area contributed by atoms with Crippen molar-refractivity contribution in [2.24, 2.45) is 0 Å². The molecular weight excluding hydrogens is 352 g/mol. The van der Waals surface area contributed by atoms with E-state index in [2.05, 4.69) is 56.4 Å². The maximum absolute atomic E-state index is 12.7. The van der Waals surface area contributed by atoms with Gasteiger partial charge >= 0.3 is 0 Å². The zero-order chi connectivity index (χ0) is 19.3. The van der Waals surface area contributed by atoms with Gasteiger partial charge in [-0.1, -0.05) is 0 Å². The molecule has 3 heterocycles. The number of hydrogen-bond donors (Lipinski definition) is 1. The fraction of sp³-hybridized carbons (Fsp3) is 0.476. The predicted octanol–water partition coefficient (Wildman–Crippen LogP) is 2.60. The molecule has 1 aromatic carbocycles. The summed E-state index contributed by atoms with van der Waals surface area (Å²) in [6, 6.07) is 10.2. The van der Waals surface area contributed by atoms with Crippen molar-refractivity contribution in [1.82, 2.24) is 19.8 Å². The highest BCUT2D eigenvalue weighted by molar-refractivity contribution is 5.93. The molecule has 2 fully saturated rings. The molecule has 7 heteroatoms. The molecule has 0 atom stereocenters. The molecule has 28 heavy (non-hydrogen) atoms. The van der Waals surface area contributed by atoms with E-state index in [1.807, 2.05) is 4.90 Å². The second-order valence-electron chi connectivity index (χ2n) is 7.60. The Balaban J connectivity index is 1.41. The lowest BCUT2D eigenvalue weighted by Gasteiger charge is -2.32. The Morgan fingerprint density at radius 3 is 2.36 bits per heavy atom. The van der Waals surface area contributed by atoms with Gasteiger partial charge in [0.2, 0.25) is 0 Å². The van der Waals surface area contributed by atoms with Gasteiger partial charge in [0.15, 0.2) is 0 Å². The Hall–Kier alpha value is -2.67. The summed E-state index contributed by atoms with van der Waals surface area (Å²) in [5, 5.41) is 3.29. The molecule has 1 N–H and O–H groups in total. The van der Waals surface area contributed by atoms with E-state index in [1.165, 1.54) is 31.3 Å². The number of piperazine rings is 1. The summed E-state index contributed by atoms with van der Waals surface area (Å²) < 4.78 is 0. The topological polar surface area (TPSA) is 64.6 Å². The van der Waals surface area contributed by atoms with Crippen LogP contribution in [-0.2, 0) is 0 Å².